The molecule has 0 aliphatic rings. The molecule has 3 heterocycles. The van der Waals surface area contributed by atoms with Gasteiger partial charge in [-0.15, -0.1) is 18.6 Å². The first-order valence-electron chi connectivity index (χ1n) is 4.45. The third kappa shape index (κ3) is 14.2. The standard InChI is InChI=1S/3C3H2ClN2.2Cu.H2O/c3*4-3-1-5-6-2-3;;;/h3*1-2H;;;1H2/q3*-1;+1;+2;. The molecule has 21 heavy (non-hydrogen) atoms. The van der Waals surface area contributed by atoms with Gasteiger partial charge in [0, 0.05) is 33.7 Å². The molecule has 0 aliphatic carbocycles. The van der Waals surface area contributed by atoms with Crippen molar-refractivity contribution < 1.29 is 39.6 Å². The second-order valence-electron chi connectivity index (χ2n) is 2.62. The van der Waals surface area contributed by atoms with E-state index in [-0.39, 0.29) is 39.6 Å². The quantitative estimate of drug-likeness (QED) is 0.477. The normalized spacial score (nSPS) is 7.57. The minimum absolute atomic E-state index is 0. The molecule has 0 aliphatic heterocycles. The van der Waals surface area contributed by atoms with Gasteiger partial charge in [-0.05, 0) is 0 Å². The molecule has 0 fully saturated rings. The van der Waals surface area contributed by atoms with E-state index in [1.54, 1.807) is 0 Å². The summed E-state index contributed by atoms with van der Waals surface area (Å²) in [5.74, 6) is 0. The third-order valence-electron chi connectivity index (χ3n) is 1.29. The molecule has 0 saturated heterocycles. The molecule has 0 atom stereocenters. The Balaban J connectivity index is -0.000000216. The molecule has 1 radical (unpaired) electrons. The van der Waals surface area contributed by atoms with E-state index in [9.17, 15) is 0 Å². The van der Waals surface area contributed by atoms with Crippen molar-refractivity contribution in [3.63, 3.8) is 0 Å². The van der Waals surface area contributed by atoms with Crippen molar-refractivity contribution in [1.29, 1.82) is 0 Å². The van der Waals surface area contributed by atoms with Gasteiger partial charge in [0.15, 0.2) is 0 Å². The van der Waals surface area contributed by atoms with Gasteiger partial charge in [0.1, 0.15) is 0 Å². The number of hydrogen-bond acceptors (Lipinski definition) is 3. The van der Waals surface area contributed by atoms with Crippen LogP contribution in [0.25, 0.3) is 0 Å². The molecule has 2 N–H and O–H groups in total. The largest absolute Gasteiger partial charge is 2.00 e. The molecule has 3 aromatic rings. The maximum atomic E-state index is 5.33. The number of halogens is 3. The first-order chi connectivity index (χ1) is 8.68. The summed E-state index contributed by atoms with van der Waals surface area (Å²) >= 11 is 16.0. The summed E-state index contributed by atoms with van der Waals surface area (Å²) in [4.78, 5) is 0. The molecule has 0 amide bonds. The van der Waals surface area contributed by atoms with Crippen molar-refractivity contribution in [1.82, 2.24) is 30.6 Å². The number of rotatable bonds is 0. The maximum Gasteiger partial charge on any atom is 2.00 e. The van der Waals surface area contributed by atoms with E-state index in [1.807, 2.05) is 0 Å². The fourth-order valence-corrected chi connectivity index (χ4v) is 0.893. The van der Waals surface area contributed by atoms with Crippen molar-refractivity contribution in [3.05, 3.63) is 52.2 Å². The Morgan fingerprint density at radius 1 is 0.667 bits per heavy atom. The molecule has 123 valence electrons. The summed E-state index contributed by atoms with van der Waals surface area (Å²) in [6, 6.07) is 0. The average Bonchev–Trinajstić information content (AvgIpc) is 3.05. The van der Waals surface area contributed by atoms with E-state index in [1.165, 1.54) is 37.2 Å². The van der Waals surface area contributed by atoms with Crippen LogP contribution in [0.2, 0.25) is 15.1 Å². The van der Waals surface area contributed by atoms with Gasteiger partial charge in [0.2, 0.25) is 0 Å². The molecule has 7 nitrogen and oxygen atoms in total. The SMILES string of the molecule is Clc1cn[n-]c1.Clc1cn[n-]c1.Clc1cn[n-]c1.O.[Cu+2].[Cu+]. The number of aromatic nitrogens is 6. The zero-order valence-corrected chi connectivity index (χ0v) is 14.0. The summed E-state index contributed by atoms with van der Waals surface area (Å²) in [7, 11) is 0. The average molecular weight is 450 g/mol. The molecule has 0 bridgehead atoms. The fourth-order valence-electron chi connectivity index (χ4n) is 0.631. The van der Waals surface area contributed by atoms with Crippen LogP contribution in [0.3, 0.4) is 0 Å². The van der Waals surface area contributed by atoms with Gasteiger partial charge in [0.05, 0.1) is 0 Å². The van der Waals surface area contributed by atoms with Crippen LogP contribution in [0, 0.1) is 0 Å². The minimum Gasteiger partial charge on any atom is -0.581 e. The van der Waals surface area contributed by atoms with E-state index in [0.717, 1.165) is 0 Å². The fraction of sp³-hybridized carbons (Fsp3) is 0. The van der Waals surface area contributed by atoms with Gasteiger partial charge in [-0.25, -0.2) is 0 Å². The van der Waals surface area contributed by atoms with Gasteiger partial charge >= 0.3 is 34.1 Å². The first kappa shape index (κ1) is 25.5. The van der Waals surface area contributed by atoms with Crippen molar-refractivity contribution >= 4 is 34.8 Å². The van der Waals surface area contributed by atoms with Gasteiger partial charge in [-0.2, -0.15) is 0 Å². The first-order valence-corrected chi connectivity index (χ1v) is 5.58. The molecular formula is C9H8Cl3Cu2N6O. The van der Waals surface area contributed by atoms with Crippen LogP contribution in [0.1, 0.15) is 0 Å². The van der Waals surface area contributed by atoms with Gasteiger partial charge in [0.25, 0.3) is 0 Å². The summed E-state index contributed by atoms with van der Waals surface area (Å²) < 4.78 is 0. The van der Waals surface area contributed by atoms with E-state index in [2.05, 4.69) is 30.6 Å². The molecule has 0 spiro atoms. The molecule has 0 aromatic carbocycles. The predicted octanol–water partition coefficient (Wildman–Crippen LogP) is 1.25. The number of nitrogens with zero attached hydrogens (tertiary/aromatic N) is 6. The van der Waals surface area contributed by atoms with Crippen molar-refractivity contribution in [2.45, 2.75) is 0 Å². The zero-order chi connectivity index (χ0) is 13.2. The molecule has 3 rings (SSSR count). The van der Waals surface area contributed by atoms with Crippen LogP contribution >= 0.6 is 34.8 Å². The van der Waals surface area contributed by atoms with E-state index in [0.29, 0.717) is 15.1 Å². The molecule has 3 aromatic heterocycles. The van der Waals surface area contributed by atoms with Crippen LogP contribution in [0.5, 0.6) is 0 Å². The van der Waals surface area contributed by atoms with Crippen LogP contribution in [-0.2, 0) is 34.1 Å². The van der Waals surface area contributed by atoms with Crippen LogP contribution in [0.4, 0.5) is 0 Å². The van der Waals surface area contributed by atoms with E-state index in [4.69, 9.17) is 34.8 Å². The summed E-state index contributed by atoms with van der Waals surface area (Å²) in [6.07, 6.45) is 8.93. The maximum absolute atomic E-state index is 5.33. The second-order valence-corrected chi connectivity index (χ2v) is 3.93. The van der Waals surface area contributed by atoms with E-state index < -0.39 is 0 Å². The molecular weight excluding hydrogens is 442 g/mol. The Hall–Kier alpha value is -0.501. The Kier molecular flexibility index (Phi) is 19.2. The summed E-state index contributed by atoms with van der Waals surface area (Å²) in [5.41, 5.74) is 0. The van der Waals surface area contributed by atoms with Gasteiger partial charge in [-0.3, -0.25) is 0 Å². The summed E-state index contributed by atoms with van der Waals surface area (Å²) in [5, 5.41) is 22.4. The molecule has 0 unspecified atom stereocenters. The summed E-state index contributed by atoms with van der Waals surface area (Å²) in [6.45, 7) is 0. The van der Waals surface area contributed by atoms with Crippen molar-refractivity contribution in [2.75, 3.05) is 0 Å². The topological polar surface area (TPSA) is 112 Å². The Labute approximate surface area is 156 Å². The molecule has 12 heteroatoms. The van der Waals surface area contributed by atoms with Gasteiger partial charge in [-0.1, -0.05) is 34.8 Å². The van der Waals surface area contributed by atoms with Crippen LogP contribution in [0.15, 0.2) is 37.2 Å². The Morgan fingerprint density at radius 2 is 0.905 bits per heavy atom. The zero-order valence-electron chi connectivity index (χ0n) is 9.88. The predicted molar refractivity (Wildman–Crippen MR) is 71.3 cm³/mol. The molecule has 0 saturated carbocycles. The monoisotopic (exact) mass is 447 g/mol. The van der Waals surface area contributed by atoms with E-state index >= 15 is 0 Å². The third-order valence-corrected chi connectivity index (χ3v) is 1.87. The minimum atomic E-state index is 0. The van der Waals surface area contributed by atoms with Crippen molar-refractivity contribution in [2.24, 2.45) is 0 Å². The Morgan fingerprint density at radius 3 is 0.952 bits per heavy atom. The smallest absolute Gasteiger partial charge is 0.581 e. The van der Waals surface area contributed by atoms with Crippen molar-refractivity contribution in [3.8, 4) is 0 Å². The second kappa shape index (κ2) is 15.9. The van der Waals surface area contributed by atoms with Gasteiger partial charge < -0.3 is 36.1 Å². The number of hydrogen-bond donors (Lipinski definition) is 0. The van der Waals surface area contributed by atoms with Crippen LogP contribution < -0.4 is 15.3 Å². The Bertz CT molecular complexity index is 429. The van der Waals surface area contributed by atoms with Crippen LogP contribution in [-0.4, -0.2) is 20.8 Å².